The van der Waals surface area contributed by atoms with Crippen LogP contribution in [0.15, 0.2) is 30.6 Å². The minimum absolute atomic E-state index is 0.495. The van der Waals surface area contributed by atoms with E-state index < -0.39 is 0 Å². The van der Waals surface area contributed by atoms with E-state index in [-0.39, 0.29) is 0 Å². The number of hydrogen-bond donors (Lipinski definition) is 1. The maximum absolute atomic E-state index is 7.41. The van der Waals surface area contributed by atoms with Crippen LogP contribution in [0.5, 0.6) is 0 Å². The van der Waals surface area contributed by atoms with Gasteiger partial charge in [0, 0.05) is 0 Å². The summed E-state index contributed by atoms with van der Waals surface area (Å²) in [5.41, 5.74) is 1.66. The lowest BCUT2D eigenvalue weighted by Crippen LogP contribution is -1.63. The molecule has 2 rings (SSSR count). The van der Waals surface area contributed by atoms with Crippen molar-refractivity contribution in [3.8, 4) is 0 Å². The number of nitrogens with zero attached hydrogens (tertiary/aromatic N) is 1. The minimum Gasteiger partial charge on any atom is -0.345 e. The first-order valence-corrected chi connectivity index (χ1v) is 2.76. The molecule has 2 nitrogen and oxygen atoms in total. The normalized spacial score (nSPS) is 11.8. The molecule has 0 spiro atoms. The number of aromatic nitrogens is 2. The summed E-state index contributed by atoms with van der Waals surface area (Å²) in [7, 11) is 0. The third-order valence-electron chi connectivity index (χ3n) is 1.25. The topological polar surface area (TPSA) is 28.7 Å². The van der Waals surface area contributed by atoms with Crippen LogP contribution >= 0.6 is 0 Å². The predicted molar refractivity (Wildman–Crippen MR) is 36.1 cm³/mol. The smallest absolute Gasteiger partial charge is 0.0931 e. The maximum Gasteiger partial charge on any atom is 0.0931 e. The van der Waals surface area contributed by atoms with Gasteiger partial charge in [-0.05, 0) is 12.1 Å². The number of aromatic amines is 1. The Hall–Kier alpha value is -1.31. The van der Waals surface area contributed by atoms with Gasteiger partial charge in [0.05, 0.1) is 18.7 Å². The quantitative estimate of drug-likeness (QED) is 0.560. The minimum atomic E-state index is 0.495. The summed E-state index contributed by atoms with van der Waals surface area (Å²) in [6, 6.07) is 5.94. The van der Waals surface area contributed by atoms with Gasteiger partial charge in [0.2, 0.25) is 0 Å². The average Bonchev–Trinajstić information content (AvgIpc) is 2.36. The molecule has 2 aromatic rings. The van der Waals surface area contributed by atoms with Crippen molar-refractivity contribution in [2.75, 3.05) is 0 Å². The number of fused-ring (bicyclic) bond motifs is 1. The van der Waals surface area contributed by atoms with E-state index in [1.54, 1.807) is 12.4 Å². The second-order valence-corrected chi connectivity index (χ2v) is 1.83. The molecule has 1 aromatic carbocycles. The van der Waals surface area contributed by atoms with Crippen molar-refractivity contribution in [3.63, 3.8) is 0 Å². The lowest BCUT2D eigenvalue weighted by molar-refractivity contribution is 1.34. The van der Waals surface area contributed by atoms with E-state index in [2.05, 4.69) is 9.97 Å². The molecule has 0 aliphatic heterocycles. The zero-order valence-corrected chi connectivity index (χ0v) is 4.76. The largest absolute Gasteiger partial charge is 0.345 e. The van der Waals surface area contributed by atoms with Crippen molar-refractivity contribution in [3.05, 3.63) is 30.6 Å². The number of H-pyrrole nitrogens is 1. The second kappa shape index (κ2) is 1.58. The Bertz CT molecular complexity index is 353. The zero-order valence-electron chi connectivity index (χ0n) is 5.76. The summed E-state index contributed by atoms with van der Waals surface area (Å²) in [4.78, 5) is 6.89. The van der Waals surface area contributed by atoms with E-state index >= 15 is 0 Å². The van der Waals surface area contributed by atoms with Crippen LogP contribution in [0.3, 0.4) is 0 Å². The van der Waals surface area contributed by atoms with Gasteiger partial charge >= 0.3 is 0 Å². The van der Waals surface area contributed by atoms with Gasteiger partial charge in [-0.25, -0.2) is 4.98 Å². The first-order chi connectivity index (χ1) is 4.88. The van der Waals surface area contributed by atoms with Crippen LogP contribution in [0.4, 0.5) is 0 Å². The van der Waals surface area contributed by atoms with E-state index in [4.69, 9.17) is 1.37 Å². The summed E-state index contributed by atoms with van der Waals surface area (Å²) in [5.74, 6) is 0. The molecule has 1 aromatic heterocycles. The highest BCUT2D eigenvalue weighted by atomic mass is 14.9. The fourth-order valence-corrected chi connectivity index (χ4v) is 0.818. The molecule has 0 saturated carbocycles. The first-order valence-electron chi connectivity index (χ1n) is 3.26. The fraction of sp³-hybridized carbons (Fsp3) is 0. The molecule has 0 saturated heterocycles. The lowest BCUT2D eigenvalue weighted by atomic mass is 10.3. The molecular weight excluding hydrogens is 112 g/mol. The molecule has 9 heavy (non-hydrogen) atoms. The molecular formula is C7H6N2. The number of rotatable bonds is 0. The molecule has 2 heteroatoms. The summed E-state index contributed by atoms with van der Waals surface area (Å²) in [6.07, 6.45) is 1.60. The summed E-state index contributed by atoms with van der Waals surface area (Å²) in [6.45, 7) is 0. The fourth-order valence-electron chi connectivity index (χ4n) is 0.818. The SMILES string of the molecule is [2H]c1cccc2nc[nH]c12. The van der Waals surface area contributed by atoms with Crippen molar-refractivity contribution in [2.24, 2.45) is 0 Å². The van der Waals surface area contributed by atoms with Crippen LogP contribution in [0.25, 0.3) is 11.0 Å². The second-order valence-electron chi connectivity index (χ2n) is 1.83. The van der Waals surface area contributed by atoms with Crippen LogP contribution in [0.2, 0.25) is 0 Å². The van der Waals surface area contributed by atoms with Gasteiger partial charge in [0.15, 0.2) is 0 Å². The molecule has 0 bridgehead atoms. The van der Waals surface area contributed by atoms with Crippen LogP contribution in [0, 0.1) is 0 Å². The van der Waals surface area contributed by atoms with Gasteiger partial charge in [0.1, 0.15) is 0 Å². The monoisotopic (exact) mass is 119 g/mol. The first kappa shape index (κ1) is 3.67. The molecule has 0 aliphatic carbocycles. The van der Waals surface area contributed by atoms with E-state index in [1.807, 2.05) is 12.1 Å². The van der Waals surface area contributed by atoms with Crippen molar-refractivity contribution in [2.45, 2.75) is 0 Å². The van der Waals surface area contributed by atoms with Gasteiger partial charge in [-0.15, -0.1) is 0 Å². The number of para-hydroxylation sites is 2. The molecule has 1 N–H and O–H groups in total. The highest BCUT2D eigenvalue weighted by molar-refractivity contribution is 5.73. The highest BCUT2D eigenvalue weighted by Crippen LogP contribution is 2.05. The Labute approximate surface area is 53.9 Å². The Morgan fingerprint density at radius 3 is 3.44 bits per heavy atom. The number of benzene rings is 1. The van der Waals surface area contributed by atoms with E-state index in [0.29, 0.717) is 6.04 Å². The number of imidazole rings is 1. The Balaban J connectivity index is 2.95. The van der Waals surface area contributed by atoms with Crippen LogP contribution in [-0.2, 0) is 0 Å². The molecule has 1 heterocycles. The molecule has 0 unspecified atom stereocenters. The average molecular weight is 119 g/mol. The molecule has 0 aliphatic rings. The van der Waals surface area contributed by atoms with Crippen LogP contribution in [-0.4, -0.2) is 9.97 Å². The van der Waals surface area contributed by atoms with Gasteiger partial charge < -0.3 is 4.98 Å². The number of nitrogens with one attached hydrogen (secondary N) is 1. The molecule has 0 radical (unpaired) electrons. The third-order valence-corrected chi connectivity index (χ3v) is 1.25. The summed E-state index contributed by atoms with van der Waals surface area (Å²) >= 11 is 0. The van der Waals surface area contributed by atoms with Gasteiger partial charge in [0.25, 0.3) is 0 Å². The van der Waals surface area contributed by atoms with Crippen molar-refractivity contribution < 1.29 is 1.37 Å². The highest BCUT2D eigenvalue weighted by Gasteiger charge is 1.88. The van der Waals surface area contributed by atoms with Gasteiger partial charge in [-0.3, -0.25) is 0 Å². The van der Waals surface area contributed by atoms with E-state index in [1.165, 1.54) is 0 Å². The van der Waals surface area contributed by atoms with Gasteiger partial charge in [-0.1, -0.05) is 12.1 Å². The Morgan fingerprint density at radius 2 is 2.56 bits per heavy atom. The lowest BCUT2D eigenvalue weighted by Gasteiger charge is -1.81. The van der Waals surface area contributed by atoms with Crippen LogP contribution < -0.4 is 0 Å². The van der Waals surface area contributed by atoms with Gasteiger partial charge in [-0.2, -0.15) is 0 Å². The third kappa shape index (κ3) is 0.598. The van der Waals surface area contributed by atoms with Crippen molar-refractivity contribution in [1.82, 2.24) is 9.97 Å². The van der Waals surface area contributed by atoms with E-state index in [9.17, 15) is 0 Å². The van der Waals surface area contributed by atoms with Crippen molar-refractivity contribution in [1.29, 1.82) is 0 Å². The van der Waals surface area contributed by atoms with Crippen molar-refractivity contribution >= 4 is 11.0 Å². The number of hydrogen-bond acceptors (Lipinski definition) is 1. The maximum atomic E-state index is 7.41. The molecule has 0 fully saturated rings. The van der Waals surface area contributed by atoms with Crippen LogP contribution in [0.1, 0.15) is 1.37 Å². The van der Waals surface area contributed by atoms with E-state index in [0.717, 1.165) is 11.0 Å². The Morgan fingerprint density at radius 1 is 1.56 bits per heavy atom. The molecule has 44 valence electrons. The predicted octanol–water partition coefficient (Wildman–Crippen LogP) is 1.56. The zero-order chi connectivity index (χ0) is 6.97. The molecule has 0 atom stereocenters. The standard InChI is InChI=1S/C7H6N2/c1-2-4-7-6(3-1)8-5-9-7/h1-5H,(H,8,9)/i3D. The molecule has 0 amide bonds. The summed E-state index contributed by atoms with van der Waals surface area (Å²) < 4.78 is 7.41. The summed E-state index contributed by atoms with van der Waals surface area (Å²) in [5, 5.41) is 0. The Kier molecular flexibility index (Phi) is 0.646.